The summed E-state index contributed by atoms with van der Waals surface area (Å²) in [6.07, 6.45) is 1.52. The van der Waals surface area contributed by atoms with Crippen molar-refractivity contribution in [1.82, 2.24) is 5.32 Å². The molecule has 3 rings (SSSR count). The number of carbonyl (C=O) groups excluding carboxylic acids is 2. The van der Waals surface area contributed by atoms with Gasteiger partial charge >= 0.3 is 0 Å². The summed E-state index contributed by atoms with van der Waals surface area (Å²) in [4.78, 5) is 25.4. The number of nitrogens with zero attached hydrogens (tertiary/aromatic N) is 2. The second-order valence-electron chi connectivity index (χ2n) is 8.48. The number of Topliss-reactive ketones (excluding diaryl/α,β-unsaturated/α-hetero) is 1. The van der Waals surface area contributed by atoms with Crippen LogP contribution >= 0.6 is 0 Å². The first kappa shape index (κ1) is 26.9. The third-order valence-electron chi connectivity index (χ3n) is 5.78. The molecule has 1 atom stereocenters. The van der Waals surface area contributed by atoms with Gasteiger partial charge in [0.05, 0.1) is 0 Å². The molecule has 1 heterocycles. The summed E-state index contributed by atoms with van der Waals surface area (Å²) in [6.45, 7) is 3.18. The third-order valence-corrected chi connectivity index (χ3v) is 5.78. The van der Waals surface area contributed by atoms with E-state index in [9.17, 15) is 22.8 Å². The van der Waals surface area contributed by atoms with Crippen LogP contribution in [0, 0.1) is 24.4 Å². The largest absolute Gasteiger partial charge is 0.489 e. The highest BCUT2D eigenvalue weighted by Gasteiger charge is 2.25. The minimum absolute atomic E-state index is 0.0770. The number of ether oxygens (including phenoxy) is 1. The van der Waals surface area contributed by atoms with Gasteiger partial charge in [-0.1, -0.05) is 19.1 Å². The van der Waals surface area contributed by atoms with Crippen LogP contribution in [0.4, 0.5) is 18.9 Å². The number of amides is 1. The summed E-state index contributed by atoms with van der Waals surface area (Å²) in [7, 11) is 1.55. The lowest BCUT2D eigenvalue weighted by Gasteiger charge is -2.20. The lowest BCUT2D eigenvalue weighted by molar-refractivity contribution is -0.125. The fourth-order valence-electron chi connectivity index (χ4n) is 3.82. The van der Waals surface area contributed by atoms with E-state index in [1.807, 2.05) is 0 Å². The predicted octanol–water partition coefficient (Wildman–Crippen LogP) is 4.52. The topological polar surface area (TPSA) is 92.2 Å². The molecule has 0 aromatic heterocycles. The molecule has 0 bridgehead atoms. The van der Waals surface area contributed by atoms with Crippen molar-refractivity contribution in [3.05, 3.63) is 58.9 Å². The Balaban J connectivity index is 1.71. The summed E-state index contributed by atoms with van der Waals surface area (Å²) in [5, 5.41) is 13.5. The van der Waals surface area contributed by atoms with Gasteiger partial charge in [-0.3, -0.25) is 9.59 Å². The minimum Gasteiger partial charge on any atom is -0.489 e. The van der Waals surface area contributed by atoms with Crippen molar-refractivity contribution in [2.75, 3.05) is 19.0 Å². The molecule has 1 aliphatic heterocycles. The van der Waals surface area contributed by atoms with Gasteiger partial charge in [-0.05, 0) is 55.5 Å². The maximum atomic E-state index is 14.2. The molecular formula is C26H29F3N4O3. The van der Waals surface area contributed by atoms with E-state index in [4.69, 9.17) is 4.74 Å². The molecule has 0 saturated heterocycles. The van der Waals surface area contributed by atoms with Crippen molar-refractivity contribution >= 4 is 28.8 Å². The molecule has 192 valence electrons. The highest BCUT2D eigenvalue weighted by Crippen LogP contribution is 2.29. The highest BCUT2D eigenvalue weighted by atomic mass is 19.2. The molecule has 1 amide bonds. The van der Waals surface area contributed by atoms with E-state index in [0.717, 1.165) is 6.07 Å². The first-order chi connectivity index (χ1) is 17.2. The van der Waals surface area contributed by atoms with Crippen LogP contribution in [-0.4, -0.2) is 42.8 Å². The maximum absolute atomic E-state index is 14.2. The first-order valence-corrected chi connectivity index (χ1v) is 11.7. The summed E-state index contributed by atoms with van der Waals surface area (Å²) in [5.74, 6) is -2.96. The van der Waals surface area contributed by atoms with Gasteiger partial charge in [0, 0.05) is 25.6 Å². The Morgan fingerprint density at radius 2 is 1.89 bits per heavy atom. The first-order valence-electron chi connectivity index (χ1n) is 11.7. The van der Waals surface area contributed by atoms with Crippen molar-refractivity contribution in [1.29, 1.82) is 0 Å². The molecule has 1 aliphatic rings. The van der Waals surface area contributed by atoms with E-state index in [0.29, 0.717) is 30.5 Å². The van der Waals surface area contributed by atoms with Crippen LogP contribution in [0.5, 0.6) is 5.75 Å². The number of carbonyl (C=O) groups is 2. The van der Waals surface area contributed by atoms with Gasteiger partial charge in [-0.15, -0.1) is 5.10 Å². The molecule has 1 unspecified atom stereocenters. The van der Waals surface area contributed by atoms with Crippen molar-refractivity contribution in [3.8, 4) is 5.75 Å². The Morgan fingerprint density at radius 1 is 1.11 bits per heavy atom. The molecule has 0 aliphatic carbocycles. The number of hydrogen-bond donors (Lipinski definition) is 2. The summed E-state index contributed by atoms with van der Waals surface area (Å²) >= 11 is 0. The van der Waals surface area contributed by atoms with Crippen LogP contribution in [0.1, 0.15) is 43.7 Å². The molecule has 0 radical (unpaired) electrons. The van der Waals surface area contributed by atoms with Crippen molar-refractivity contribution in [3.63, 3.8) is 0 Å². The number of nitrogens with one attached hydrogen (secondary N) is 2. The standard InChI is InChI=1S/C26H29F3N4O3/c1-4-22(34)21(14-36-23-12-15(2)11-19(28)25(23)30-3)31-26(35)20-10-6-8-17(32-33-20)13-16-7-5-9-18(27)24(16)29/h5,7,9,11-12,21,30H,4,6,8,10,13-14H2,1-3H3,(H,31,35). The molecule has 2 aromatic carbocycles. The number of rotatable bonds is 10. The molecule has 2 aromatic rings. The quantitative estimate of drug-likeness (QED) is 0.500. The molecule has 2 N–H and O–H groups in total. The smallest absolute Gasteiger partial charge is 0.268 e. The monoisotopic (exact) mass is 502 g/mol. The average Bonchev–Trinajstić information content (AvgIpc) is 3.09. The zero-order valence-electron chi connectivity index (χ0n) is 20.5. The number of halogens is 3. The van der Waals surface area contributed by atoms with Crippen molar-refractivity contribution in [2.45, 2.75) is 52.0 Å². The summed E-state index contributed by atoms with van der Waals surface area (Å²) < 4.78 is 47.4. The van der Waals surface area contributed by atoms with Gasteiger partial charge in [-0.2, -0.15) is 5.10 Å². The Morgan fingerprint density at radius 3 is 2.61 bits per heavy atom. The van der Waals surface area contributed by atoms with E-state index in [1.54, 1.807) is 27.0 Å². The van der Waals surface area contributed by atoms with E-state index in [-0.39, 0.29) is 47.9 Å². The molecule has 0 fully saturated rings. The van der Waals surface area contributed by atoms with Gasteiger partial charge < -0.3 is 15.4 Å². The van der Waals surface area contributed by atoms with Gasteiger partial charge in [0.15, 0.2) is 17.4 Å². The van der Waals surface area contributed by atoms with Crippen LogP contribution in [0.15, 0.2) is 40.5 Å². The molecule has 7 nitrogen and oxygen atoms in total. The second kappa shape index (κ2) is 12.3. The van der Waals surface area contributed by atoms with Crippen LogP contribution < -0.4 is 15.4 Å². The lowest BCUT2D eigenvalue weighted by Crippen LogP contribution is -2.47. The second-order valence-corrected chi connectivity index (χ2v) is 8.48. The molecule has 10 heteroatoms. The SMILES string of the molecule is CCC(=O)C(COc1cc(C)cc(F)c1NC)NC(=O)C1=NN=C(Cc2cccc(F)c2F)CCC1. The fourth-order valence-corrected chi connectivity index (χ4v) is 3.82. The minimum atomic E-state index is -0.980. The number of aryl methyl sites for hydroxylation is 1. The zero-order valence-corrected chi connectivity index (χ0v) is 20.5. The van der Waals surface area contributed by atoms with Gasteiger partial charge in [0.25, 0.3) is 5.91 Å². The summed E-state index contributed by atoms with van der Waals surface area (Å²) in [6, 6.07) is 5.95. The van der Waals surface area contributed by atoms with E-state index < -0.39 is 29.4 Å². The molecule has 0 spiro atoms. The van der Waals surface area contributed by atoms with Gasteiger partial charge in [0.1, 0.15) is 35.6 Å². The van der Waals surface area contributed by atoms with Crippen LogP contribution in [0.3, 0.4) is 0 Å². The number of anilines is 1. The van der Waals surface area contributed by atoms with Gasteiger partial charge in [0.2, 0.25) is 0 Å². The van der Waals surface area contributed by atoms with Crippen LogP contribution in [0.25, 0.3) is 0 Å². The van der Waals surface area contributed by atoms with Gasteiger partial charge in [-0.25, -0.2) is 13.2 Å². The Bertz CT molecular complexity index is 1200. The van der Waals surface area contributed by atoms with E-state index in [2.05, 4.69) is 20.8 Å². The zero-order chi connectivity index (χ0) is 26.2. The molecular weight excluding hydrogens is 473 g/mol. The van der Waals surface area contributed by atoms with Crippen LogP contribution in [-0.2, 0) is 16.0 Å². The van der Waals surface area contributed by atoms with Crippen molar-refractivity contribution < 1.29 is 27.5 Å². The number of ketones is 1. The Kier molecular flexibility index (Phi) is 9.21. The summed E-state index contributed by atoms with van der Waals surface area (Å²) in [5.41, 5.74) is 1.60. The highest BCUT2D eigenvalue weighted by molar-refractivity contribution is 6.39. The van der Waals surface area contributed by atoms with Crippen LogP contribution in [0.2, 0.25) is 0 Å². The number of hydrogen-bond acceptors (Lipinski definition) is 6. The predicted molar refractivity (Wildman–Crippen MR) is 132 cm³/mol. The average molecular weight is 503 g/mol. The van der Waals surface area contributed by atoms with Crippen molar-refractivity contribution in [2.24, 2.45) is 10.2 Å². The maximum Gasteiger partial charge on any atom is 0.268 e. The lowest BCUT2D eigenvalue weighted by atomic mass is 10.0. The van der Waals surface area contributed by atoms with E-state index in [1.165, 1.54) is 18.2 Å². The normalized spacial score (nSPS) is 14.3. The van der Waals surface area contributed by atoms with E-state index >= 15 is 0 Å². The molecule has 0 saturated carbocycles. The Labute approximate surface area is 207 Å². The fraction of sp³-hybridized carbons (Fsp3) is 0.385. The molecule has 36 heavy (non-hydrogen) atoms. The third kappa shape index (κ3) is 6.71. The Hall–Kier alpha value is -3.69. The number of benzene rings is 2.